The van der Waals surface area contributed by atoms with Gasteiger partial charge in [-0.05, 0) is 19.1 Å². The highest BCUT2D eigenvalue weighted by molar-refractivity contribution is 7.14. The zero-order valence-electron chi connectivity index (χ0n) is 10.4. The Labute approximate surface area is 119 Å². The molecule has 0 aliphatic rings. The van der Waals surface area contributed by atoms with Gasteiger partial charge >= 0.3 is 0 Å². The zero-order valence-corrected chi connectivity index (χ0v) is 12.0. The van der Waals surface area contributed by atoms with Crippen LogP contribution in [0.3, 0.4) is 0 Å². The maximum atomic E-state index is 11.9. The second-order valence-electron chi connectivity index (χ2n) is 3.70. The van der Waals surface area contributed by atoms with E-state index in [-0.39, 0.29) is 5.91 Å². The summed E-state index contributed by atoms with van der Waals surface area (Å²) < 4.78 is 0. The minimum Gasteiger partial charge on any atom is -0.346 e. The molecule has 1 amide bonds. The standard InChI is InChI=1S/C13H13N3OS2/c1-9-15-7-11(18-9)8-16-13(17)12-5-4-10(19-12)3-2-6-14/h4-5,7H,6,8,14H2,1H3,(H,16,17). The Morgan fingerprint density at radius 2 is 2.32 bits per heavy atom. The molecule has 0 saturated carbocycles. The first-order valence-electron chi connectivity index (χ1n) is 5.67. The van der Waals surface area contributed by atoms with Gasteiger partial charge < -0.3 is 11.1 Å². The molecule has 2 aromatic rings. The number of nitrogens with two attached hydrogens (primary N) is 1. The molecular formula is C13H13N3OS2. The van der Waals surface area contributed by atoms with Crippen LogP contribution in [0.4, 0.5) is 0 Å². The largest absolute Gasteiger partial charge is 0.346 e. The molecule has 0 fully saturated rings. The highest BCUT2D eigenvalue weighted by atomic mass is 32.1. The van der Waals surface area contributed by atoms with E-state index < -0.39 is 0 Å². The van der Waals surface area contributed by atoms with Crippen LogP contribution in [0.2, 0.25) is 0 Å². The monoisotopic (exact) mass is 291 g/mol. The summed E-state index contributed by atoms with van der Waals surface area (Å²) >= 11 is 2.95. The topological polar surface area (TPSA) is 68.0 Å². The van der Waals surface area contributed by atoms with Crippen molar-refractivity contribution in [2.75, 3.05) is 6.54 Å². The van der Waals surface area contributed by atoms with Crippen molar-refractivity contribution in [2.45, 2.75) is 13.5 Å². The molecule has 19 heavy (non-hydrogen) atoms. The average Bonchev–Trinajstić information content (AvgIpc) is 3.02. The van der Waals surface area contributed by atoms with E-state index in [0.29, 0.717) is 18.0 Å². The molecule has 0 aromatic carbocycles. The van der Waals surface area contributed by atoms with Gasteiger partial charge in [0, 0.05) is 11.1 Å². The third-order valence-electron chi connectivity index (χ3n) is 2.24. The molecule has 2 heterocycles. The molecule has 4 nitrogen and oxygen atoms in total. The Morgan fingerprint density at radius 3 is 3.00 bits per heavy atom. The first kappa shape index (κ1) is 13.7. The second-order valence-corrected chi connectivity index (χ2v) is 6.10. The van der Waals surface area contributed by atoms with Crippen molar-refractivity contribution < 1.29 is 4.79 Å². The predicted octanol–water partition coefficient (Wildman–Crippen LogP) is 1.75. The number of hydrogen-bond donors (Lipinski definition) is 2. The van der Waals surface area contributed by atoms with Gasteiger partial charge in [-0.25, -0.2) is 4.98 Å². The number of aromatic nitrogens is 1. The summed E-state index contributed by atoms with van der Waals surface area (Å²) in [7, 11) is 0. The van der Waals surface area contributed by atoms with Crippen molar-refractivity contribution in [1.82, 2.24) is 10.3 Å². The van der Waals surface area contributed by atoms with Crippen LogP contribution in [-0.4, -0.2) is 17.4 Å². The number of nitrogens with zero attached hydrogens (tertiary/aromatic N) is 1. The fraction of sp³-hybridized carbons (Fsp3) is 0.231. The summed E-state index contributed by atoms with van der Waals surface area (Å²) in [4.78, 5) is 18.6. The van der Waals surface area contributed by atoms with Crippen molar-refractivity contribution in [3.05, 3.63) is 38.0 Å². The van der Waals surface area contributed by atoms with Crippen molar-refractivity contribution in [3.63, 3.8) is 0 Å². The van der Waals surface area contributed by atoms with Gasteiger partial charge in [0.15, 0.2) is 0 Å². The lowest BCUT2D eigenvalue weighted by atomic mass is 10.4. The maximum absolute atomic E-state index is 11.9. The van der Waals surface area contributed by atoms with Crippen LogP contribution < -0.4 is 11.1 Å². The van der Waals surface area contributed by atoms with Crippen molar-refractivity contribution in [3.8, 4) is 11.8 Å². The van der Waals surface area contributed by atoms with Crippen molar-refractivity contribution >= 4 is 28.6 Å². The van der Waals surface area contributed by atoms with Gasteiger partial charge in [-0.1, -0.05) is 11.8 Å². The lowest BCUT2D eigenvalue weighted by Crippen LogP contribution is -2.21. The van der Waals surface area contributed by atoms with E-state index in [2.05, 4.69) is 22.1 Å². The van der Waals surface area contributed by atoms with Gasteiger partial charge in [-0.15, -0.1) is 22.7 Å². The number of thiophene rings is 1. The van der Waals surface area contributed by atoms with Crippen LogP contribution in [0.5, 0.6) is 0 Å². The smallest absolute Gasteiger partial charge is 0.261 e. The molecular weight excluding hydrogens is 278 g/mol. The third kappa shape index (κ3) is 3.89. The summed E-state index contributed by atoms with van der Waals surface area (Å²) in [5.74, 6) is 5.59. The minimum absolute atomic E-state index is 0.0862. The van der Waals surface area contributed by atoms with E-state index in [1.807, 2.05) is 13.0 Å². The number of carbonyl (C=O) groups excluding carboxylic acids is 1. The molecule has 0 spiro atoms. The van der Waals surface area contributed by atoms with Crippen LogP contribution in [0.15, 0.2) is 18.3 Å². The van der Waals surface area contributed by atoms with Gasteiger partial charge in [0.2, 0.25) is 0 Å². The van der Waals surface area contributed by atoms with E-state index in [4.69, 9.17) is 5.73 Å². The van der Waals surface area contributed by atoms with Gasteiger partial charge in [-0.3, -0.25) is 4.79 Å². The van der Waals surface area contributed by atoms with E-state index in [9.17, 15) is 4.79 Å². The van der Waals surface area contributed by atoms with Crippen LogP contribution in [-0.2, 0) is 6.54 Å². The number of thiazole rings is 1. The van der Waals surface area contributed by atoms with E-state index in [1.54, 1.807) is 23.6 Å². The fourth-order valence-electron chi connectivity index (χ4n) is 1.41. The van der Waals surface area contributed by atoms with E-state index >= 15 is 0 Å². The molecule has 0 radical (unpaired) electrons. The Bertz CT molecular complexity index is 634. The third-order valence-corrected chi connectivity index (χ3v) is 4.15. The molecule has 0 aliphatic carbocycles. The first-order valence-corrected chi connectivity index (χ1v) is 7.30. The van der Waals surface area contributed by atoms with E-state index in [0.717, 1.165) is 14.8 Å². The lowest BCUT2D eigenvalue weighted by molar-refractivity contribution is 0.0955. The summed E-state index contributed by atoms with van der Waals surface area (Å²) in [5, 5.41) is 3.87. The van der Waals surface area contributed by atoms with Crippen LogP contribution in [0, 0.1) is 18.8 Å². The molecule has 6 heteroatoms. The predicted molar refractivity (Wildman–Crippen MR) is 78.3 cm³/mol. The molecule has 0 unspecified atom stereocenters. The molecule has 0 saturated heterocycles. The molecule has 0 atom stereocenters. The summed E-state index contributed by atoms with van der Waals surface area (Å²) in [6, 6.07) is 3.61. The number of nitrogens with one attached hydrogen (secondary N) is 1. The molecule has 2 aromatic heterocycles. The molecule has 0 aliphatic heterocycles. The van der Waals surface area contributed by atoms with Crippen molar-refractivity contribution in [1.29, 1.82) is 0 Å². The molecule has 98 valence electrons. The highest BCUT2D eigenvalue weighted by Gasteiger charge is 2.08. The Hall–Kier alpha value is -1.68. The number of amides is 1. The Kier molecular flexibility index (Phi) is 4.68. The van der Waals surface area contributed by atoms with Gasteiger partial charge in [0.1, 0.15) is 0 Å². The summed E-state index contributed by atoms with van der Waals surface area (Å²) in [5.41, 5.74) is 5.30. The second kappa shape index (κ2) is 6.48. The first-order chi connectivity index (χ1) is 9.19. The lowest BCUT2D eigenvalue weighted by Gasteiger charge is -1.99. The van der Waals surface area contributed by atoms with Gasteiger partial charge in [-0.2, -0.15) is 0 Å². The van der Waals surface area contributed by atoms with Crippen LogP contribution in [0.1, 0.15) is 24.4 Å². The number of hydrogen-bond acceptors (Lipinski definition) is 5. The molecule has 0 bridgehead atoms. The SMILES string of the molecule is Cc1ncc(CNC(=O)c2ccc(C#CCN)s2)s1. The number of rotatable bonds is 3. The molecule has 3 N–H and O–H groups in total. The van der Waals surface area contributed by atoms with Crippen molar-refractivity contribution in [2.24, 2.45) is 5.73 Å². The Balaban J connectivity index is 1.94. The van der Waals surface area contributed by atoms with Gasteiger partial charge in [0.05, 0.1) is 27.9 Å². The van der Waals surface area contributed by atoms with E-state index in [1.165, 1.54) is 11.3 Å². The normalized spacial score (nSPS) is 9.79. The summed E-state index contributed by atoms with van der Waals surface area (Å²) in [6.45, 7) is 2.77. The minimum atomic E-state index is -0.0862. The van der Waals surface area contributed by atoms with Crippen LogP contribution >= 0.6 is 22.7 Å². The number of carbonyl (C=O) groups is 1. The average molecular weight is 291 g/mol. The summed E-state index contributed by atoms with van der Waals surface area (Å²) in [6.07, 6.45) is 1.78. The number of aryl methyl sites for hydroxylation is 1. The zero-order chi connectivity index (χ0) is 13.7. The highest BCUT2D eigenvalue weighted by Crippen LogP contribution is 2.16. The molecule has 2 rings (SSSR count). The quantitative estimate of drug-likeness (QED) is 0.847. The fourth-order valence-corrected chi connectivity index (χ4v) is 2.94. The van der Waals surface area contributed by atoms with Gasteiger partial charge in [0.25, 0.3) is 5.91 Å². The Morgan fingerprint density at radius 1 is 1.47 bits per heavy atom. The van der Waals surface area contributed by atoms with Crippen LogP contribution in [0.25, 0.3) is 0 Å². The maximum Gasteiger partial charge on any atom is 0.261 e.